The summed E-state index contributed by atoms with van der Waals surface area (Å²) in [6.07, 6.45) is 1.58. The van der Waals surface area contributed by atoms with E-state index in [-0.39, 0.29) is 11.8 Å². The summed E-state index contributed by atoms with van der Waals surface area (Å²) in [5.74, 6) is -0.402. The topological polar surface area (TPSA) is 41.5 Å². The zero-order chi connectivity index (χ0) is 9.26. The Morgan fingerprint density at radius 3 is 2.92 bits per heavy atom. The number of hydrogen-bond donors (Lipinski definition) is 1. The van der Waals surface area contributed by atoms with Crippen LogP contribution in [0.2, 0.25) is 5.02 Å². The Morgan fingerprint density at radius 1 is 1.46 bits per heavy atom. The van der Waals surface area contributed by atoms with Crippen LogP contribution < -0.4 is 5.43 Å². The second-order valence-corrected chi connectivity index (χ2v) is 3.22. The van der Waals surface area contributed by atoms with Crippen molar-refractivity contribution in [3.63, 3.8) is 0 Å². The predicted octanol–water partition coefficient (Wildman–Crippen LogP) is 1.54. The molecule has 0 aliphatic carbocycles. The second-order valence-electron chi connectivity index (χ2n) is 2.79. The Kier molecular flexibility index (Phi) is 2.02. The molecular weight excluding hydrogens is 188 g/mol. The minimum absolute atomic E-state index is 0.109. The fourth-order valence-electron chi connectivity index (χ4n) is 1.25. The molecule has 0 bridgehead atoms. The molecule has 0 spiro atoms. The van der Waals surface area contributed by atoms with Gasteiger partial charge >= 0.3 is 0 Å². The Hall–Kier alpha value is -1.35. The Balaban J connectivity index is 2.35. The van der Waals surface area contributed by atoms with Crippen LogP contribution in [0.4, 0.5) is 0 Å². The van der Waals surface area contributed by atoms with E-state index in [1.165, 1.54) is 0 Å². The van der Waals surface area contributed by atoms with E-state index in [1.807, 2.05) is 12.1 Å². The standard InChI is InChI=1S/C9H7ClN2O/c10-7-3-1-2-6(4-7)8-5-11-12-9(8)13/h1-5,8H,(H,12,13). The van der Waals surface area contributed by atoms with Crippen LogP contribution in [0.15, 0.2) is 29.4 Å². The highest BCUT2D eigenvalue weighted by Crippen LogP contribution is 2.20. The first-order chi connectivity index (χ1) is 6.27. The molecule has 0 fully saturated rings. The number of nitrogens with one attached hydrogen (secondary N) is 1. The van der Waals surface area contributed by atoms with Crippen LogP contribution >= 0.6 is 11.6 Å². The quantitative estimate of drug-likeness (QED) is 0.724. The van der Waals surface area contributed by atoms with Crippen LogP contribution in [0.5, 0.6) is 0 Å². The Morgan fingerprint density at radius 2 is 2.31 bits per heavy atom. The first-order valence-electron chi connectivity index (χ1n) is 3.86. The van der Waals surface area contributed by atoms with E-state index in [0.717, 1.165) is 5.56 Å². The number of carbonyl (C=O) groups excluding carboxylic acids is 1. The van der Waals surface area contributed by atoms with Gasteiger partial charge in [0.2, 0.25) is 0 Å². The average molecular weight is 195 g/mol. The molecule has 1 aliphatic rings. The number of rotatable bonds is 1. The molecule has 4 heteroatoms. The van der Waals surface area contributed by atoms with Crippen molar-refractivity contribution in [1.29, 1.82) is 0 Å². The molecule has 1 N–H and O–H groups in total. The summed E-state index contributed by atoms with van der Waals surface area (Å²) in [7, 11) is 0. The Bertz CT molecular complexity index is 376. The molecule has 1 unspecified atom stereocenters. The summed E-state index contributed by atoms with van der Waals surface area (Å²) in [6.45, 7) is 0. The van der Waals surface area contributed by atoms with Crippen LogP contribution in [0.25, 0.3) is 0 Å². The van der Waals surface area contributed by atoms with Gasteiger partial charge in [0.15, 0.2) is 0 Å². The first-order valence-corrected chi connectivity index (χ1v) is 4.23. The lowest BCUT2D eigenvalue weighted by Gasteiger charge is -2.04. The monoisotopic (exact) mass is 194 g/mol. The smallest absolute Gasteiger partial charge is 0.253 e. The molecule has 66 valence electrons. The van der Waals surface area contributed by atoms with E-state index in [4.69, 9.17) is 11.6 Å². The number of amides is 1. The molecule has 1 aliphatic heterocycles. The van der Waals surface area contributed by atoms with Crippen molar-refractivity contribution in [3.05, 3.63) is 34.9 Å². The van der Waals surface area contributed by atoms with Gasteiger partial charge in [-0.3, -0.25) is 4.79 Å². The van der Waals surface area contributed by atoms with Gasteiger partial charge in [0, 0.05) is 11.2 Å². The van der Waals surface area contributed by atoms with Crippen LogP contribution in [0, 0.1) is 0 Å². The third-order valence-corrected chi connectivity index (χ3v) is 2.12. The van der Waals surface area contributed by atoms with E-state index >= 15 is 0 Å². The van der Waals surface area contributed by atoms with Gasteiger partial charge in [0.25, 0.3) is 5.91 Å². The number of halogens is 1. The largest absolute Gasteiger partial charge is 0.272 e. The number of hydrogen-bond acceptors (Lipinski definition) is 2. The minimum atomic E-state index is -0.293. The first kappa shape index (κ1) is 8.26. The number of nitrogens with zero attached hydrogens (tertiary/aromatic N) is 1. The maximum absolute atomic E-state index is 11.2. The SMILES string of the molecule is O=C1NN=CC1c1cccc(Cl)c1. The molecule has 13 heavy (non-hydrogen) atoms. The summed E-state index contributed by atoms with van der Waals surface area (Å²) >= 11 is 5.79. The van der Waals surface area contributed by atoms with E-state index in [2.05, 4.69) is 10.5 Å². The lowest BCUT2D eigenvalue weighted by Crippen LogP contribution is -2.17. The summed E-state index contributed by atoms with van der Waals surface area (Å²) in [4.78, 5) is 11.2. The fourth-order valence-corrected chi connectivity index (χ4v) is 1.45. The predicted molar refractivity (Wildman–Crippen MR) is 50.8 cm³/mol. The van der Waals surface area contributed by atoms with E-state index in [0.29, 0.717) is 5.02 Å². The maximum Gasteiger partial charge on any atom is 0.253 e. The number of benzene rings is 1. The molecule has 1 atom stereocenters. The number of hydrazone groups is 1. The molecule has 3 nitrogen and oxygen atoms in total. The van der Waals surface area contributed by atoms with Gasteiger partial charge < -0.3 is 0 Å². The molecule has 1 heterocycles. The summed E-state index contributed by atoms with van der Waals surface area (Å²) < 4.78 is 0. The van der Waals surface area contributed by atoms with E-state index in [1.54, 1.807) is 18.3 Å². The van der Waals surface area contributed by atoms with Crippen LogP contribution in [-0.2, 0) is 4.79 Å². The highest BCUT2D eigenvalue weighted by molar-refractivity contribution is 6.30. The molecule has 0 aromatic heterocycles. The molecular formula is C9H7ClN2O. The van der Waals surface area contributed by atoms with Gasteiger partial charge in [-0.1, -0.05) is 23.7 Å². The van der Waals surface area contributed by atoms with Gasteiger partial charge in [-0.25, -0.2) is 5.43 Å². The second kappa shape index (κ2) is 3.18. The maximum atomic E-state index is 11.2. The average Bonchev–Trinajstić information content (AvgIpc) is 2.51. The highest BCUT2D eigenvalue weighted by atomic mass is 35.5. The van der Waals surface area contributed by atoms with E-state index < -0.39 is 0 Å². The molecule has 0 saturated carbocycles. The highest BCUT2D eigenvalue weighted by Gasteiger charge is 2.22. The van der Waals surface area contributed by atoms with Crippen molar-refractivity contribution in [2.75, 3.05) is 0 Å². The van der Waals surface area contributed by atoms with Crippen molar-refractivity contribution < 1.29 is 4.79 Å². The third-order valence-electron chi connectivity index (χ3n) is 1.89. The lowest BCUT2D eigenvalue weighted by molar-refractivity contribution is -0.120. The summed E-state index contributed by atoms with van der Waals surface area (Å²) in [5, 5.41) is 4.31. The zero-order valence-corrected chi connectivity index (χ0v) is 7.45. The van der Waals surface area contributed by atoms with Crippen molar-refractivity contribution in [1.82, 2.24) is 5.43 Å². The molecule has 2 rings (SSSR count). The van der Waals surface area contributed by atoms with Gasteiger partial charge in [0.1, 0.15) is 5.92 Å². The Labute approximate surface area is 80.4 Å². The van der Waals surface area contributed by atoms with Gasteiger partial charge in [-0.05, 0) is 17.7 Å². The van der Waals surface area contributed by atoms with Crippen molar-refractivity contribution >= 4 is 23.7 Å². The number of carbonyl (C=O) groups is 1. The molecule has 1 aromatic rings. The normalized spacial score (nSPS) is 20.4. The molecule has 1 aromatic carbocycles. The van der Waals surface area contributed by atoms with Gasteiger partial charge in [-0.15, -0.1) is 0 Å². The molecule has 0 radical (unpaired) electrons. The molecule has 1 amide bonds. The van der Waals surface area contributed by atoms with E-state index in [9.17, 15) is 4.79 Å². The van der Waals surface area contributed by atoms with Crippen molar-refractivity contribution in [2.45, 2.75) is 5.92 Å². The summed E-state index contributed by atoms with van der Waals surface area (Å²) in [6, 6.07) is 7.21. The lowest BCUT2D eigenvalue weighted by atomic mass is 10.0. The van der Waals surface area contributed by atoms with Crippen molar-refractivity contribution in [3.8, 4) is 0 Å². The fraction of sp³-hybridized carbons (Fsp3) is 0.111. The van der Waals surface area contributed by atoms with Gasteiger partial charge in [-0.2, -0.15) is 5.10 Å². The van der Waals surface area contributed by atoms with Crippen LogP contribution in [0.3, 0.4) is 0 Å². The minimum Gasteiger partial charge on any atom is -0.272 e. The van der Waals surface area contributed by atoms with Gasteiger partial charge in [0.05, 0.1) is 0 Å². The van der Waals surface area contributed by atoms with Crippen molar-refractivity contribution in [2.24, 2.45) is 5.10 Å². The summed E-state index contributed by atoms with van der Waals surface area (Å²) in [5.41, 5.74) is 3.24. The van der Waals surface area contributed by atoms with Crippen LogP contribution in [-0.4, -0.2) is 12.1 Å². The van der Waals surface area contributed by atoms with Crippen LogP contribution in [0.1, 0.15) is 11.5 Å². The molecule has 0 saturated heterocycles. The third kappa shape index (κ3) is 1.55. The zero-order valence-electron chi connectivity index (χ0n) is 6.70.